The summed E-state index contributed by atoms with van der Waals surface area (Å²) in [5.41, 5.74) is -0.281. The van der Waals surface area contributed by atoms with Crippen LogP contribution in [0, 0.1) is 0 Å². The summed E-state index contributed by atoms with van der Waals surface area (Å²) < 4.78 is 0. The van der Waals surface area contributed by atoms with Crippen molar-refractivity contribution in [2.24, 2.45) is 0 Å². The van der Waals surface area contributed by atoms with E-state index in [1.165, 1.54) is 25.7 Å². The fourth-order valence-electron chi connectivity index (χ4n) is 2.79. The van der Waals surface area contributed by atoms with Crippen molar-refractivity contribution in [1.29, 1.82) is 0 Å². The van der Waals surface area contributed by atoms with E-state index in [0.717, 1.165) is 19.5 Å². The smallest absolute Gasteiger partial charge is 0.242 e. The standard InChI is InChI=1S/C12H22N2O.ClH/c1-10-6-5-9-14(10)11(15)12(2)7-3-4-8-13-12;/h10,13H,3-9H2,1-2H3;1H. The highest BCUT2D eigenvalue weighted by molar-refractivity contribution is 5.86. The molecule has 2 atom stereocenters. The Bertz CT molecular complexity index is 251. The Kier molecular flexibility index (Phi) is 4.62. The first-order valence-electron chi connectivity index (χ1n) is 6.19. The third-order valence-corrected chi connectivity index (χ3v) is 3.90. The molecule has 1 N–H and O–H groups in total. The van der Waals surface area contributed by atoms with Gasteiger partial charge in [0.15, 0.2) is 0 Å². The van der Waals surface area contributed by atoms with Gasteiger partial charge in [0.2, 0.25) is 5.91 Å². The summed E-state index contributed by atoms with van der Waals surface area (Å²) in [6.07, 6.45) is 5.72. The van der Waals surface area contributed by atoms with E-state index in [4.69, 9.17) is 0 Å². The summed E-state index contributed by atoms with van der Waals surface area (Å²) in [5, 5.41) is 3.40. The molecule has 2 aliphatic rings. The van der Waals surface area contributed by atoms with E-state index in [1.807, 2.05) is 0 Å². The molecule has 16 heavy (non-hydrogen) atoms. The van der Waals surface area contributed by atoms with E-state index in [9.17, 15) is 4.79 Å². The van der Waals surface area contributed by atoms with Crippen molar-refractivity contribution in [1.82, 2.24) is 10.2 Å². The van der Waals surface area contributed by atoms with Crippen LogP contribution in [-0.2, 0) is 4.79 Å². The predicted octanol–water partition coefficient (Wildman–Crippen LogP) is 1.95. The van der Waals surface area contributed by atoms with E-state index in [1.54, 1.807) is 0 Å². The van der Waals surface area contributed by atoms with Crippen molar-refractivity contribution in [2.45, 2.75) is 57.5 Å². The van der Waals surface area contributed by atoms with Crippen LogP contribution >= 0.6 is 12.4 Å². The van der Waals surface area contributed by atoms with Gasteiger partial charge in [-0.25, -0.2) is 0 Å². The van der Waals surface area contributed by atoms with Gasteiger partial charge in [-0.05, 0) is 52.5 Å². The van der Waals surface area contributed by atoms with Crippen molar-refractivity contribution in [2.75, 3.05) is 13.1 Å². The number of nitrogens with one attached hydrogen (secondary N) is 1. The first-order valence-corrected chi connectivity index (χ1v) is 6.19. The van der Waals surface area contributed by atoms with E-state index >= 15 is 0 Å². The third-order valence-electron chi connectivity index (χ3n) is 3.90. The molecule has 3 nitrogen and oxygen atoms in total. The van der Waals surface area contributed by atoms with Crippen molar-refractivity contribution < 1.29 is 4.79 Å². The lowest BCUT2D eigenvalue weighted by Crippen LogP contribution is -2.58. The Hall–Kier alpha value is -0.280. The van der Waals surface area contributed by atoms with Crippen LogP contribution in [0.15, 0.2) is 0 Å². The number of carbonyl (C=O) groups is 1. The lowest BCUT2D eigenvalue weighted by Gasteiger charge is -2.38. The molecule has 0 aromatic heterocycles. The number of piperidine rings is 1. The van der Waals surface area contributed by atoms with Crippen LogP contribution in [0.5, 0.6) is 0 Å². The molecule has 2 unspecified atom stereocenters. The average Bonchev–Trinajstić information content (AvgIpc) is 2.64. The highest BCUT2D eigenvalue weighted by Gasteiger charge is 2.40. The summed E-state index contributed by atoms with van der Waals surface area (Å²) >= 11 is 0. The summed E-state index contributed by atoms with van der Waals surface area (Å²) in [6, 6.07) is 0.443. The summed E-state index contributed by atoms with van der Waals surface area (Å²) in [5.74, 6) is 0.326. The molecule has 2 rings (SSSR count). The maximum Gasteiger partial charge on any atom is 0.242 e. The lowest BCUT2D eigenvalue weighted by atomic mass is 9.89. The minimum Gasteiger partial charge on any atom is -0.338 e. The highest BCUT2D eigenvalue weighted by atomic mass is 35.5. The van der Waals surface area contributed by atoms with E-state index in [-0.39, 0.29) is 17.9 Å². The molecular formula is C12H23ClN2O. The Morgan fingerprint density at radius 2 is 2.12 bits per heavy atom. The minimum absolute atomic E-state index is 0. The zero-order valence-electron chi connectivity index (χ0n) is 10.3. The number of halogens is 1. The number of rotatable bonds is 1. The average molecular weight is 247 g/mol. The van der Waals surface area contributed by atoms with Crippen molar-refractivity contribution in [3.8, 4) is 0 Å². The second-order valence-corrected chi connectivity index (χ2v) is 5.21. The molecule has 2 fully saturated rings. The lowest BCUT2D eigenvalue weighted by molar-refractivity contribution is -0.139. The summed E-state index contributed by atoms with van der Waals surface area (Å²) in [7, 11) is 0. The predicted molar refractivity (Wildman–Crippen MR) is 67.9 cm³/mol. The van der Waals surface area contributed by atoms with Gasteiger partial charge in [0.25, 0.3) is 0 Å². The second-order valence-electron chi connectivity index (χ2n) is 5.21. The van der Waals surface area contributed by atoms with E-state index in [2.05, 4.69) is 24.1 Å². The van der Waals surface area contributed by atoms with Gasteiger partial charge in [0.05, 0.1) is 5.54 Å². The maximum atomic E-state index is 12.4. The molecule has 4 heteroatoms. The Balaban J connectivity index is 0.00000128. The number of carbonyl (C=O) groups excluding carboxylic acids is 1. The maximum absolute atomic E-state index is 12.4. The zero-order valence-corrected chi connectivity index (χ0v) is 11.1. The topological polar surface area (TPSA) is 32.3 Å². The quantitative estimate of drug-likeness (QED) is 0.767. The van der Waals surface area contributed by atoms with Gasteiger partial charge < -0.3 is 10.2 Å². The van der Waals surface area contributed by atoms with Gasteiger partial charge in [-0.15, -0.1) is 12.4 Å². The Labute approximate surface area is 104 Å². The van der Waals surface area contributed by atoms with Gasteiger partial charge in [-0.3, -0.25) is 4.79 Å². The van der Waals surface area contributed by atoms with Crippen LogP contribution in [0.2, 0.25) is 0 Å². The fourth-order valence-corrected chi connectivity index (χ4v) is 2.79. The summed E-state index contributed by atoms with van der Waals surface area (Å²) in [4.78, 5) is 14.5. The van der Waals surface area contributed by atoms with Crippen LogP contribution in [0.25, 0.3) is 0 Å². The number of hydrogen-bond acceptors (Lipinski definition) is 2. The Morgan fingerprint density at radius 1 is 1.38 bits per heavy atom. The number of hydrogen-bond donors (Lipinski definition) is 1. The number of likely N-dealkylation sites (tertiary alicyclic amines) is 1. The van der Waals surface area contributed by atoms with Gasteiger partial charge in [-0.2, -0.15) is 0 Å². The van der Waals surface area contributed by atoms with Gasteiger partial charge in [-0.1, -0.05) is 0 Å². The first kappa shape index (κ1) is 13.8. The molecule has 2 aliphatic heterocycles. The van der Waals surface area contributed by atoms with Crippen LogP contribution in [0.4, 0.5) is 0 Å². The molecule has 2 heterocycles. The molecule has 0 aromatic rings. The van der Waals surface area contributed by atoms with Crippen LogP contribution in [0.3, 0.4) is 0 Å². The largest absolute Gasteiger partial charge is 0.338 e. The van der Waals surface area contributed by atoms with Crippen LogP contribution < -0.4 is 5.32 Å². The monoisotopic (exact) mass is 246 g/mol. The number of amides is 1. The molecule has 0 aromatic carbocycles. The van der Waals surface area contributed by atoms with Crippen molar-refractivity contribution >= 4 is 18.3 Å². The molecular weight excluding hydrogens is 224 g/mol. The molecule has 0 saturated carbocycles. The molecule has 0 bridgehead atoms. The van der Waals surface area contributed by atoms with Gasteiger partial charge >= 0.3 is 0 Å². The van der Waals surface area contributed by atoms with Gasteiger partial charge in [0, 0.05) is 12.6 Å². The Morgan fingerprint density at radius 3 is 2.62 bits per heavy atom. The zero-order chi connectivity index (χ0) is 10.9. The SMILES string of the molecule is CC1CCCN1C(=O)C1(C)CCCCN1.Cl. The van der Waals surface area contributed by atoms with E-state index in [0.29, 0.717) is 11.9 Å². The van der Waals surface area contributed by atoms with Crippen LogP contribution in [0.1, 0.15) is 46.0 Å². The van der Waals surface area contributed by atoms with E-state index < -0.39 is 0 Å². The highest BCUT2D eigenvalue weighted by Crippen LogP contribution is 2.26. The molecule has 0 radical (unpaired) electrons. The minimum atomic E-state index is -0.281. The summed E-state index contributed by atoms with van der Waals surface area (Å²) in [6.45, 7) is 6.18. The number of nitrogens with zero attached hydrogens (tertiary/aromatic N) is 1. The molecule has 2 saturated heterocycles. The second kappa shape index (κ2) is 5.37. The van der Waals surface area contributed by atoms with Crippen molar-refractivity contribution in [3.05, 3.63) is 0 Å². The third kappa shape index (κ3) is 2.51. The normalized spacial score (nSPS) is 34.6. The fraction of sp³-hybridized carbons (Fsp3) is 0.917. The molecule has 94 valence electrons. The molecule has 0 spiro atoms. The molecule has 0 aliphatic carbocycles. The first-order chi connectivity index (χ1) is 7.13. The van der Waals surface area contributed by atoms with Crippen molar-refractivity contribution in [3.63, 3.8) is 0 Å². The molecule has 1 amide bonds. The van der Waals surface area contributed by atoms with Gasteiger partial charge in [0.1, 0.15) is 0 Å². The van der Waals surface area contributed by atoms with Crippen LogP contribution in [-0.4, -0.2) is 35.5 Å².